The molecule has 11 heteroatoms. The number of aryl methyl sites for hydroxylation is 2. The van der Waals surface area contributed by atoms with E-state index in [0.717, 1.165) is 15.4 Å². The highest BCUT2D eigenvalue weighted by Gasteiger charge is 2.33. The Labute approximate surface area is 257 Å². The van der Waals surface area contributed by atoms with Crippen LogP contribution in [0.4, 0.5) is 5.69 Å². The maximum atomic E-state index is 14.0. The van der Waals surface area contributed by atoms with Gasteiger partial charge in [0, 0.05) is 17.1 Å². The Kier molecular flexibility index (Phi) is 10.4. The number of hydrogen-bond acceptors (Lipinski definition) is 4. The summed E-state index contributed by atoms with van der Waals surface area (Å²) in [5.41, 5.74) is 2.22. The average molecular weight is 639 g/mol. The number of sulfonamides is 1. The number of hydrogen-bond donors (Lipinski definition) is 1. The Hall–Kier alpha value is -2.78. The molecule has 41 heavy (non-hydrogen) atoms. The highest BCUT2D eigenvalue weighted by atomic mass is 35.5. The molecule has 0 saturated heterocycles. The largest absolute Gasteiger partial charge is 0.350 e. The molecule has 0 fully saturated rings. The predicted octanol–water partition coefficient (Wildman–Crippen LogP) is 6.79. The van der Waals surface area contributed by atoms with Gasteiger partial charge in [-0.15, -0.1) is 0 Å². The minimum absolute atomic E-state index is 0.00376. The lowest BCUT2D eigenvalue weighted by molar-refractivity contribution is -0.140. The molecule has 2 amide bonds. The number of amides is 2. The van der Waals surface area contributed by atoms with Crippen LogP contribution in [0.15, 0.2) is 65.6 Å². The van der Waals surface area contributed by atoms with E-state index in [0.29, 0.717) is 26.3 Å². The fourth-order valence-corrected chi connectivity index (χ4v) is 5.89. The molecule has 0 unspecified atom stereocenters. The number of nitrogens with zero attached hydrogens (tertiary/aromatic N) is 2. The van der Waals surface area contributed by atoms with Gasteiger partial charge < -0.3 is 10.2 Å². The van der Waals surface area contributed by atoms with Crippen LogP contribution in [0, 0.1) is 13.8 Å². The van der Waals surface area contributed by atoms with E-state index in [9.17, 15) is 18.0 Å². The van der Waals surface area contributed by atoms with Crippen LogP contribution in [0.3, 0.4) is 0 Å². The van der Waals surface area contributed by atoms with Crippen LogP contribution in [-0.2, 0) is 26.2 Å². The number of anilines is 1. The van der Waals surface area contributed by atoms with E-state index in [1.54, 1.807) is 43.3 Å². The summed E-state index contributed by atoms with van der Waals surface area (Å²) in [6, 6.07) is 14.9. The molecular formula is C30H34Cl3N3O4S. The number of carbonyl (C=O) groups excluding carboxylic acids is 2. The summed E-state index contributed by atoms with van der Waals surface area (Å²) in [5.74, 6) is -0.965. The van der Waals surface area contributed by atoms with Crippen LogP contribution in [0.5, 0.6) is 0 Å². The van der Waals surface area contributed by atoms with Gasteiger partial charge in [0.25, 0.3) is 10.0 Å². The molecule has 0 spiro atoms. The molecule has 7 nitrogen and oxygen atoms in total. The molecule has 0 aliphatic rings. The van der Waals surface area contributed by atoms with E-state index in [1.807, 2.05) is 34.6 Å². The van der Waals surface area contributed by atoms with Crippen molar-refractivity contribution in [2.45, 2.75) is 64.6 Å². The molecule has 3 aromatic rings. The van der Waals surface area contributed by atoms with Crippen LogP contribution in [-0.4, -0.2) is 43.3 Å². The molecule has 0 aliphatic heterocycles. The summed E-state index contributed by atoms with van der Waals surface area (Å²) in [7, 11) is -4.20. The first-order valence-electron chi connectivity index (χ1n) is 12.9. The highest BCUT2D eigenvalue weighted by molar-refractivity contribution is 7.92. The maximum absolute atomic E-state index is 14.0. The molecule has 0 aliphatic carbocycles. The lowest BCUT2D eigenvalue weighted by Crippen LogP contribution is -2.54. The molecule has 1 atom stereocenters. The molecule has 3 rings (SSSR count). The Morgan fingerprint density at radius 2 is 1.51 bits per heavy atom. The van der Waals surface area contributed by atoms with E-state index in [2.05, 4.69) is 5.32 Å². The molecular weight excluding hydrogens is 605 g/mol. The van der Waals surface area contributed by atoms with Crippen LogP contribution >= 0.6 is 34.8 Å². The topological polar surface area (TPSA) is 86.8 Å². The van der Waals surface area contributed by atoms with Gasteiger partial charge in [-0.2, -0.15) is 0 Å². The van der Waals surface area contributed by atoms with Crippen molar-refractivity contribution in [2.24, 2.45) is 0 Å². The smallest absolute Gasteiger partial charge is 0.264 e. The summed E-state index contributed by atoms with van der Waals surface area (Å²) >= 11 is 18.3. The van der Waals surface area contributed by atoms with Crippen molar-refractivity contribution >= 4 is 62.3 Å². The summed E-state index contributed by atoms with van der Waals surface area (Å²) in [4.78, 5) is 28.6. The molecule has 1 N–H and O–H groups in total. The highest BCUT2D eigenvalue weighted by Crippen LogP contribution is 2.28. The van der Waals surface area contributed by atoms with Crippen molar-refractivity contribution in [3.63, 3.8) is 0 Å². The third-order valence-electron chi connectivity index (χ3n) is 6.46. The zero-order valence-electron chi connectivity index (χ0n) is 23.8. The zero-order valence-corrected chi connectivity index (χ0v) is 26.9. The molecule has 0 bridgehead atoms. The van der Waals surface area contributed by atoms with Gasteiger partial charge in [0.05, 0.1) is 20.6 Å². The van der Waals surface area contributed by atoms with E-state index in [1.165, 1.54) is 29.2 Å². The van der Waals surface area contributed by atoms with Crippen molar-refractivity contribution in [1.29, 1.82) is 0 Å². The normalized spacial score (nSPS) is 12.5. The Morgan fingerprint density at radius 1 is 0.878 bits per heavy atom. The lowest BCUT2D eigenvalue weighted by Gasteiger charge is -2.33. The average Bonchev–Trinajstić information content (AvgIpc) is 2.88. The monoisotopic (exact) mass is 637 g/mol. The number of rotatable bonds is 9. The summed E-state index contributed by atoms with van der Waals surface area (Å²) in [5, 5.41) is 3.92. The van der Waals surface area contributed by atoms with Gasteiger partial charge in [0.15, 0.2) is 0 Å². The number of nitrogens with one attached hydrogen (secondary N) is 1. The molecule has 0 saturated carbocycles. The second kappa shape index (κ2) is 13.0. The zero-order chi connectivity index (χ0) is 30.7. The molecule has 220 valence electrons. The fourth-order valence-electron chi connectivity index (χ4n) is 4.03. The van der Waals surface area contributed by atoms with Gasteiger partial charge >= 0.3 is 0 Å². The van der Waals surface area contributed by atoms with E-state index in [4.69, 9.17) is 34.8 Å². The minimum atomic E-state index is -4.20. The number of halogens is 3. The van der Waals surface area contributed by atoms with Crippen molar-refractivity contribution in [1.82, 2.24) is 10.2 Å². The van der Waals surface area contributed by atoms with Gasteiger partial charge in [-0.1, -0.05) is 46.9 Å². The van der Waals surface area contributed by atoms with E-state index < -0.39 is 34.1 Å². The first kappa shape index (κ1) is 32.7. The Bertz CT molecular complexity index is 1540. The Morgan fingerprint density at radius 3 is 2.07 bits per heavy atom. The third kappa shape index (κ3) is 8.38. The second-order valence-corrected chi connectivity index (χ2v) is 14.0. The maximum Gasteiger partial charge on any atom is 0.264 e. The van der Waals surface area contributed by atoms with Crippen LogP contribution in [0.2, 0.25) is 15.1 Å². The summed E-state index contributed by atoms with van der Waals surface area (Å²) < 4.78 is 28.9. The first-order chi connectivity index (χ1) is 19.0. The number of benzene rings is 3. The van der Waals surface area contributed by atoms with Gasteiger partial charge in [0.2, 0.25) is 11.8 Å². The summed E-state index contributed by atoms with van der Waals surface area (Å²) in [6.07, 6.45) is 0. The Balaban J connectivity index is 2.08. The minimum Gasteiger partial charge on any atom is -0.350 e. The first-order valence-corrected chi connectivity index (χ1v) is 15.5. The third-order valence-corrected chi connectivity index (χ3v) is 9.24. The SMILES string of the molecule is Cc1ccc(N(CC(=O)N(Cc2ccc(Cl)c(Cl)c2)[C@H](C)C(=O)NC(C)(C)C)S(=O)(=O)c2ccc(Cl)cc2)cc1C. The van der Waals surface area contributed by atoms with Gasteiger partial charge in [-0.05, 0) is 107 Å². The van der Waals surface area contributed by atoms with Crippen LogP contribution in [0.1, 0.15) is 44.4 Å². The van der Waals surface area contributed by atoms with Gasteiger partial charge in [-0.3, -0.25) is 13.9 Å². The van der Waals surface area contributed by atoms with Gasteiger partial charge in [0.1, 0.15) is 12.6 Å². The predicted molar refractivity (Wildman–Crippen MR) is 166 cm³/mol. The number of carbonyl (C=O) groups is 2. The van der Waals surface area contributed by atoms with Crippen molar-refractivity contribution in [3.05, 3.63) is 92.4 Å². The standard InChI is InChI=1S/C30H34Cl3N3O4S/c1-19-7-11-24(15-20(19)2)36(41(39,40)25-12-9-23(31)10-13-25)18-28(37)35(21(3)29(38)34-30(4,5)6)17-22-8-14-26(32)27(33)16-22/h7-16,21H,17-18H2,1-6H3,(H,34,38)/t21-/m1/s1. The van der Waals surface area contributed by atoms with Crippen LogP contribution in [0.25, 0.3) is 0 Å². The molecule has 0 heterocycles. The van der Waals surface area contributed by atoms with Crippen molar-refractivity contribution < 1.29 is 18.0 Å². The molecule has 0 aromatic heterocycles. The van der Waals surface area contributed by atoms with Crippen molar-refractivity contribution in [2.75, 3.05) is 10.8 Å². The van der Waals surface area contributed by atoms with E-state index >= 15 is 0 Å². The van der Waals surface area contributed by atoms with Crippen molar-refractivity contribution in [3.8, 4) is 0 Å². The quantitative estimate of drug-likeness (QED) is 0.280. The molecule has 3 aromatic carbocycles. The summed E-state index contributed by atoms with van der Waals surface area (Å²) in [6.45, 7) is 10.3. The van der Waals surface area contributed by atoms with Gasteiger partial charge in [-0.25, -0.2) is 8.42 Å². The molecule has 0 radical (unpaired) electrons. The van der Waals surface area contributed by atoms with Crippen LogP contribution < -0.4 is 9.62 Å². The fraction of sp³-hybridized carbons (Fsp3) is 0.333. The second-order valence-electron chi connectivity index (χ2n) is 10.9. The van der Waals surface area contributed by atoms with E-state index in [-0.39, 0.29) is 17.3 Å². The lowest BCUT2D eigenvalue weighted by atomic mass is 10.1.